The van der Waals surface area contributed by atoms with Gasteiger partial charge in [0.1, 0.15) is 0 Å². The van der Waals surface area contributed by atoms with Crippen molar-refractivity contribution in [2.75, 3.05) is 13.2 Å². The Kier molecular flexibility index (Phi) is 7.05. The van der Waals surface area contributed by atoms with Gasteiger partial charge in [-0.25, -0.2) is 0 Å². The number of hydrogen-bond donors (Lipinski definition) is 1. The molecule has 126 valence electrons. The number of ether oxygens (including phenoxy) is 1. The second-order valence-electron chi connectivity index (χ2n) is 5.76. The lowest BCUT2D eigenvalue weighted by molar-refractivity contribution is -0.139. The maximum Gasteiger partial charge on any atom is 0.305 e. The fourth-order valence-corrected chi connectivity index (χ4v) is 3.14. The fourth-order valence-electron chi connectivity index (χ4n) is 2.69. The number of hydrogen-bond acceptors (Lipinski definition) is 3. The van der Waals surface area contributed by atoms with Gasteiger partial charge < -0.3 is 14.7 Å². The summed E-state index contributed by atoms with van der Waals surface area (Å²) in [6.07, 6.45) is 3.30. The molecule has 1 fully saturated rings. The largest absolute Gasteiger partial charge is 0.481 e. The molecular formula is C17H22BrNO4. The van der Waals surface area contributed by atoms with Gasteiger partial charge in [0.05, 0.1) is 12.5 Å². The maximum atomic E-state index is 12.5. The van der Waals surface area contributed by atoms with Gasteiger partial charge in [-0.15, -0.1) is 0 Å². The first-order valence-electron chi connectivity index (χ1n) is 7.90. The van der Waals surface area contributed by atoms with Crippen LogP contribution in [0.4, 0.5) is 0 Å². The molecule has 1 saturated heterocycles. The van der Waals surface area contributed by atoms with E-state index in [-0.39, 0.29) is 25.0 Å². The molecule has 0 radical (unpaired) electrons. The van der Waals surface area contributed by atoms with Crippen molar-refractivity contribution in [2.45, 2.75) is 44.8 Å². The average molecular weight is 384 g/mol. The van der Waals surface area contributed by atoms with Crippen LogP contribution in [0.1, 0.15) is 37.7 Å². The second kappa shape index (κ2) is 9.03. The molecule has 1 atom stereocenters. The van der Waals surface area contributed by atoms with Crippen LogP contribution >= 0.6 is 15.9 Å². The molecule has 1 aromatic rings. The number of rotatable bonds is 8. The van der Waals surface area contributed by atoms with Crippen LogP contribution < -0.4 is 0 Å². The summed E-state index contributed by atoms with van der Waals surface area (Å²) in [4.78, 5) is 24.9. The predicted octanol–water partition coefficient (Wildman–Crippen LogP) is 3.21. The summed E-state index contributed by atoms with van der Waals surface area (Å²) >= 11 is 3.41. The molecule has 1 aliphatic rings. The molecular weight excluding hydrogens is 362 g/mol. The summed E-state index contributed by atoms with van der Waals surface area (Å²) < 4.78 is 6.49. The summed E-state index contributed by atoms with van der Waals surface area (Å²) in [6.45, 7) is 1.43. The van der Waals surface area contributed by atoms with Crippen LogP contribution in [0.3, 0.4) is 0 Å². The second-order valence-corrected chi connectivity index (χ2v) is 6.68. The molecule has 5 nitrogen and oxygen atoms in total. The fraction of sp³-hybridized carbons (Fsp3) is 0.529. The Labute approximate surface area is 144 Å². The molecule has 1 unspecified atom stereocenters. The van der Waals surface area contributed by atoms with E-state index in [9.17, 15) is 9.59 Å². The summed E-state index contributed by atoms with van der Waals surface area (Å²) in [7, 11) is 0. The first kappa shape index (κ1) is 17.9. The Hall–Kier alpha value is -1.40. The zero-order valence-corrected chi connectivity index (χ0v) is 14.6. The van der Waals surface area contributed by atoms with Crippen molar-refractivity contribution in [3.05, 3.63) is 34.3 Å². The van der Waals surface area contributed by atoms with Crippen molar-refractivity contribution in [1.29, 1.82) is 0 Å². The highest BCUT2D eigenvalue weighted by Crippen LogP contribution is 2.19. The molecule has 1 N–H and O–H groups in total. The van der Waals surface area contributed by atoms with Crippen molar-refractivity contribution in [2.24, 2.45) is 0 Å². The monoisotopic (exact) mass is 383 g/mol. The van der Waals surface area contributed by atoms with Crippen molar-refractivity contribution < 1.29 is 19.4 Å². The van der Waals surface area contributed by atoms with Crippen molar-refractivity contribution in [3.63, 3.8) is 0 Å². The minimum atomic E-state index is -0.892. The lowest BCUT2D eigenvalue weighted by Crippen LogP contribution is -2.33. The molecule has 0 saturated carbocycles. The number of carboxylic acids is 1. The number of carboxylic acid groups (broad SMARTS) is 1. The van der Waals surface area contributed by atoms with Crippen LogP contribution in [0, 0.1) is 0 Å². The number of amides is 1. The van der Waals surface area contributed by atoms with Crippen LogP contribution in [0.2, 0.25) is 0 Å². The predicted molar refractivity (Wildman–Crippen MR) is 90.0 cm³/mol. The summed E-state index contributed by atoms with van der Waals surface area (Å²) in [6, 6.07) is 7.71. The third kappa shape index (κ3) is 6.31. The highest BCUT2D eigenvalue weighted by atomic mass is 79.9. The van der Waals surface area contributed by atoms with E-state index in [0.717, 1.165) is 29.5 Å². The van der Waals surface area contributed by atoms with Gasteiger partial charge in [-0.1, -0.05) is 28.1 Å². The number of nitrogens with zero attached hydrogens (tertiary/aromatic N) is 1. The third-order valence-electron chi connectivity index (χ3n) is 3.91. The van der Waals surface area contributed by atoms with E-state index in [0.29, 0.717) is 19.4 Å². The Balaban J connectivity index is 1.94. The quantitative estimate of drug-likeness (QED) is 0.748. The van der Waals surface area contributed by atoms with E-state index >= 15 is 0 Å². The van der Waals surface area contributed by atoms with Crippen LogP contribution in [-0.2, 0) is 20.9 Å². The molecule has 1 amide bonds. The van der Waals surface area contributed by atoms with E-state index in [1.54, 1.807) is 4.90 Å². The first-order chi connectivity index (χ1) is 11.0. The number of carbonyl (C=O) groups is 2. The summed E-state index contributed by atoms with van der Waals surface area (Å²) in [5.41, 5.74) is 0.982. The summed E-state index contributed by atoms with van der Waals surface area (Å²) in [5, 5.41) is 8.89. The molecule has 0 bridgehead atoms. The molecule has 0 aliphatic carbocycles. The minimum Gasteiger partial charge on any atom is -0.481 e. The van der Waals surface area contributed by atoms with E-state index < -0.39 is 5.97 Å². The van der Waals surface area contributed by atoms with E-state index in [4.69, 9.17) is 9.84 Å². The number of benzene rings is 1. The minimum absolute atomic E-state index is 0.0123. The molecule has 0 spiro atoms. The van der Waals surface area contributed by atoms with Gasteiger partial charge in [-0.2, -0.15) is 0 Å². The van der Waals surface area contributed by atoms with Crippen molar-refractivity contribution in [1.82, 2.24) is 4.90 Å². The molecule has 2 rings (SSSR count). The average Bonchev–Trinajstić information content (AvgIpc) is 3.02. The lowest BCUT2D eigenvalue weighted by Gasteiger charge is -2.23. The zero-order chi connectivity index (χ0) is 16.7. The Morgan fingerprint density at radius 2 is 2.17 bits per heavy atom. The van der Waals surface area contributed by atoms with Gasteiger partial charge >= 0.3 is 5.97 Å². The number of carbonyl (C=O) groups excluding carboxylic acids is 1. The number of halogens is 1. The molecule has 6 heteroatoms. The van der Waals surface area contributed by atoms with Crippen LogP contribution in [0.15, 0.2) is 28.7 Å². The van der Waals surface area contributed by atoms with Gasteiger partial charge in [0, 0.05) is 30.6 Å². The van der Waals surface area contributed by atoms with Gasteiger partial charge in [0.25, 0.3) is 0 Å². The normalized spacial score (nSPS) is 17.2. The zero-order valence-electron chi connectivity index (χ0n) is 13.0. The molecule has 1 aliphatic heterocycles. The molecule has 23 heavy (non-hydrogen) atoms. The van der Waals surface area contributed by atoms with Gasteiger partial charge in [0.2, 0.25) is 5.91 Å². The third-order valence-corrected chi connectivity index (χ3v) is 4.41. The topological polar surface area (TPSA) is 66.8 Å². The van der Waals surface area contributed by atoms with Gasteiger partial charge in [-0.05, 0) is 37.0 Å². The lowest BCUT2D eigenvalue weighted by atomic mass is 10.1. The van der Waals surface area contributed by atoms with Crippen molar-refractivity contribution >= 4 is 27.8 Å². The number of aliphatic carboxylic acids is 1. The van der Waals surface area contributed by atoms with E-state index in [1.165, 1.54) is 0 Å². The van der Waals surface area contributed by atoms with Crippen LogP contribution in [-0.4, -0.2) is 41.1 Å². The highest BCUT2D eigenvalue weighted by molar-refractivity contribution is 9.10. The van der Waals surface area contributed by atoms with Crippen LogP contribution in [0.5, 0.6) is 0 Å². The van der Waals surface area contributed by atoms with Crippen molar-refractivity contribution in [3.8, 4) is 0 Å². The Bertz CT molecular complexity index is 543. The molecule has 1 aromatic carbocycles. The van der Waals surface area contributed by atoms with E-state index in [2.05, 4.69) is 15.9 Å². The smallest absolute Gasteiger partial charge is 0.305 e. The van der Waals surface area contributed by atoms with Gasteiger partial charge in [0.15, 0.2) is 0 Å². The van der Waals surface area contributed by atoms with E-state index in [1.807, 2.05) is 24.3 Å². The SMILES string of the molecule is O=C(O)CCN(Cc1cccc(Br)c1)C(=O)CCC1CCCO1. The highest BCUT2D eigenvalue weighted by Gasteiger charge is 2.20. The standard InChI is InChI=1S/C17H22BrNO4/c18-14-4-1-3-13(11-14)12-19(9-8-17(21)22)16(20)7-6-15-5-2-10-23-15/h1,3-4,11,15H,2,5-10,12H2,(H,21,22). The Morgan fingerprint density at radius 1 is 1.35 bits per heavy atom. The first-order valence-corrected chi connectivity index (χ1v) is 8.69. The Morgan fingerprint density at radius 3 is 2.83 bits per heavy atom. The summed E-state index contributed by atoms with van der Waals surface area (Å²) in [5.74, 6) is -0.905. The maximum absolute atomic E-state index is 12.5. The molecule has 1 heterocycles. The van der Waals surface area contributed by atoms with Gasteiger partial charge in [-0.3, -0.25) is 9.59 Å². The molecule has 0 aromatic heterocycles. The van der Waals surface area contributed by atoms with Crippen LogP contribution in [0.25, 0.3) is 0 Å².